The van der Waals surface area contributed by atoms with Crippen molar-refractivity contribution in [3.05, 3.63) is 29.8 Å². The monoisotopic (exact) mass is 238 g/mol. The molecule has 2 N–H and O–H groups in total. The van der Waals surface area contributed by atoms with Crippen LogP contribution in [0.5, 0.6) is 0 Å². The molecule has 1 aromatic rings. The van der Waals surface area contributed by atoms with Gasteiger partial charge in [-0.3, -0.25) is 4.79 Å². The van der Waals surface area contributed by atoms with E-state index in [0.717, 1.165) is 12.1 Å². The van der Waals surface area contributed by atoms with Crippen molar-refractivity contribution in [2.45, 2.75) is 13.0 Å². The normalized spacial score (nSPS) is 11.4. The van der Waals surface area contributed by atoms with E-state index in [9.17, 15) is 13.6 Å². The van der Waals surface area contributed by atoms with E-state index in [2.05, 4.69) is 16.6 Å². The standard InChI is InChI=1S/C12H12F2N2O/c1-3-6-15-12(17)8(2)16-11-5-4-9(13)7-10(11)14/h1,4-5,7-8,16H,6H2,2H3,(H,15,17). The third-order valence-corrected chi connectivity index (χ3v) is 2.06. The number of hydrogen-bond acceptors (Lipinski definition) is 2. The molecule has 0 bridgehead atoms. The van der Waals surface area contributed by atoms with Gasteiger partial charge in [-0.05, 0) is 19.1 Å². The lowest BCUT2D eigenvalue weighted by atomic mass is 10.2. The van der Waals surface area contributed by atoms with Gasteiger partial charge in [0, 0.05) is 6.07 Å². The van der Waals surface area contributed by atoms with E-state index in [1.54, 1.807) is 6.92 Å². The van der Waals surface area contributed by atoms with Gasteiger partial charge in [-0.25, -0.2) is 8.78 Å². The molecular weight excluding hydrogens is 226 g/mol. The first kappa shape index (κ1) is 13.0. The van der Waals surface area contributed by atoms with Crippen LogP contribution in [-0.4, -0.2) is 18.5 Å². The lowest BCUT2D eigenvalue weighted by Crippen LogP contribution is -2.37. The Morgan fingerprint density at radius 2 is 2.24 bits per heavy atom. The van der Waals surface area contributed by atoms with E-state index in [1.807, 2.05) is 0 Å². The highest BCUT2D eigenvalue weighted by molar-refractivity contribution is 5.84. The summed E-state index contributed by atoms with van der Waals surface area (Å²) in [5.74, 6) is 0.480. The third kappa shape index (κ3) is 3.76. The molecule has 1 amide bonds. The van der Waals surface area contributed by atoms with Crippen LogP contribution in [-0.2, 0) is 4.79 Å². The Bertz CT molecular complexity index is 454. The van der Waals surface area contributed by atoms with Crippen molar-refractivity contribution < 1.29 is 13.6 Å². The van der Waals surface area contributed by atoms with Gasteiger partial charge in [0.2, 0.25) is 5.91 Å². The van der Waals surface area contributed by atoms with Gasteiger partial charge in [0.15, 0.2) is 0 Å². The number of benzene rings is 1. The molecule has 0 aliphatic rings. The van der Waals surface area contributed by atoms with Gasteiger partial charge in [-0.2, -0.15) is 0 Å². The Morgan fingerprint density at radius 3 is 2.82 bits per heavy atom. The number of hydrogen-bond donors (Lipinski definition) is 2. The molecule has 90 valence electrons. The third-order valence-electron chi connectivity index (χ3n) is 2.06. The fourth-order valence-electron chi connectivity index (χ4n) is 1.20. The van der Waals surface area contributed by atoms with Crippen molar-refractivity contribution in [3.8, 4) is 12.3 Å². The summed E-state index contributed by atoms with van der Waals surface area (Å²) in [7, 11) is 0. The van der Waals surface area contributed by atoms with Gasteiger partial charge in [0.1, 0.15) is 17.7 Å². The number of rotatable bonds is 4. The molecule has 5 heteroatoms. The minimum absolute atomic E-state index is 0.0646. The van der Waals surface area contributed by atoms with Gasteiger partial charge < -0.3 is 10.6 Å². The Balaban J connectivity index is 2.65. The van der Waals surface area contributed by atoms with Crippen molar-refractivity contribution in [2.24, 2.45) is 0 Å². The smallest absolute Gasteiger partial charge is 0.242 e. The molecule has 0 heterocycles. The quantitative estimate of drug-likeness (QED) is 0.781. The van der Waals surface area contributed by atoms with Crippen LogP contribution in [0, 0.1) is 24.0 Å². The fourth-order valence-corrected chi connectivity index (χ4v) is 1.20. The average molecular weight is 238 g/mol. The summed E-state index contributed by atoms with van der Waals surface area (Å²) in [5.41, 5.74) is 0.0646. The number of amides is 1. The maximum atomic E-state index is 13.3. The molecule has 17 heavy (non-hydrogen) atoms. The van der Waals surface area contributed by atoms with Crippen molar-refractivity contribution in [1.29, 1.82) is 0 Å². The largest absolute Gasteiger partial charge is 0.372 e. The maximum Gasteiger partial charge on any atom is 0.242 e. The summed E-state index contributed by atoms with van der Waals surface area (Å²) in [6.07, 6.45) is 4.98. The predicted octanol–water partition coefficient (Wildman–Crippen LogP) is 1.51. The molecule has 1 unspecified atom stereocenters. The summed E-state index contributed by atoms with van der Waals surface area (Å²) >= 11 is 0. The molecule has 0 spiro atoms. The maximum absolute atomic E-state index is 13.3. The molecule has 3 nitrogen and oxygen atoms in total. The summed E-state index contributed by atoms with van der Waals surface area (Å²) in [6.45, 7) is 1.66. The minimum Gasteiger partial charge on any atom is -0.372 e. The fraction of sp³-hybridized carbons (Fsp3) is 0.250. The lowest BCUT2D eigenvalue weighted by molar-refractivity contribution is -0.121. The Labute approximate surface area is 98.2 Å². The van der Waals surface area contributed by atoms with E-state index in [-0.39, 0.29) is 18.1 Å². The van der Waals surface area contributed by atoms with Gasteiger partial charge in [0.25, 0.3) is 0 Å². The highest BCUT2D eigenvalue weighted by Crippen LogP contribution is 2.15. The molecule has 1 aromatic carbocycles. The highest BCUT2D eigenvalue weighted by atomic mass is 19.1. The van der Waals surface area contributed by atoms with Crippen LogP contribution in [0.1, 0.15) is 6.92 Å². The van der Waals surface area contributed by atoms with Crippen molar-refractivity contribution in [3.63, 3.8) is 0 Å². The number of anilines is 1. The van der Waals surface area contributed by atoms with E-state index < -0.39 is 17.7 Å². The molecule has 0 radical (unpaired) electrons. The van der Waals surface area contributed by atoms with E-state index in [4.69, 9.17) is 6.42 Å². The zero-order valence-corrected chi connectivity index (χ0v) is 9.26. The summed E-state index contributed by atoms with van der Waals surface area (Å²) in [4.78, 5) is 11.4. The number of halogens is 2. The first-order valence-electron chi connectivity index (χ1n) is 4.97. The number of carbonyl (C=O) groups is 1. The highest BCUT2D eigenvalue weighted by Gasteiger charge is 2.13. The van der Waals surface area contributed by atoms with Crippen LogP contribution < -0.4 is 10.6 Å². The summed E-state index contributed by atoms with van der Waals surface area (Å²) in [5, 5.41) is 5.07. The summed E-state index contributed by atoms with van der Waals surface area (Å²) in [6, 6.07) is 2.42. The van der Waals surface area contributed by atoms with E-state index >= 15 is 0 Å². The lowest BCUT2D eigenvalue weighted by Gasteiger charge is -2.14. The van der Waals surface area contributed by atoms with Crippen molar-refractivity contribution in [1.82, 2.24) is 5.32 Å². The molecular formula is C12H12F2N2O. The summed E-state index contributed by atoms with van der Waals surface area (Å²) < 4.78 is 25.9. The topological polar surface area (TPSA) is 41.1 Å². The molecule has 0 aromatic heterocycles. The van der Waals surface area contributed by atoms with Crippen LogP contribution in [0.15, 0.2) is 18.2 Å². The van der Waals surface area contributed by atoms with Gasteiger partial charge >= 0.3 is 0 Å². The van der Waals surface area contributed by atoms with Crippen LogP contribution >= 0.6 is 0 Å². The second-order valence-electron chi connectivity index (χ2n) is 3.41. The first-order valence-corrected chi connectivity index (χ1v) is 4.97. The van der Waals surface area contributed by atoms with Crippen LogP contribution in [0.4, 0.5) is 14.5 Å². The number of terminal acetylenes is 1. The minimum atomic E-state index is -0.749. The van der Waals surface area contributed by atoms with Crippen molar-refractivity contribution >= 4 is 11.6 Å². The Kier molecular flexibility index (Phi) is 4.46. The Hall–Kier alpha value is -2.09. The molecule has 0 aliphatic heterocycles. The second-order valence-corrected chi connectivity index (χ2v) is 3.41. The zero-order chi connectivity index (χ0) is 12.8. The van der Waals surface area contributed by atoms with Crippen LogP contribution in [0.25, 0.3) is 0 Å². The average Bonchev–Trinajstić information content (AvgIpc) is 2.29. The van der Waals surface area contributed by atoms with Gasteiger partial charge in [-0.15, -0.1) is 6.42 Å². The SMILES string of the molecule is C#CCNC(=O)C(C)Nc1ccc(F)cc1F. The first-order chi connectivity index (χ1) is 8.04. The van der Waals surface area contributed by atoms with Crippen LogP contribution in [0.2, 0.25) is 0 Å². The van der Waals surface area contributed by atoms with Crippen LogP contribution in [0.3, 0.4) is 0 Å². The van der Waals surface area contributed by atoms with E-state index in [1.165, 1.54) is 6.07 Å². The molecule has 1 rings (SSSR count). The molecule has 0 fully saturated rings. The second kappa shape index (κ2) is 5.85. The predicted molar refractivity (Wildman–Crippen MR) is 61.3 cm³/mol. The molecule has 0 aliphatic carbocycles. The number of carbonyl (C=O) groups excluding carboxylic acids is 1. The molecule has 0 saturated carbocycles. The van der Waals surface area contributed by atoms with E-state index in [0.29, 0.717) is 0 Å². The Morgan fingerprint density at radius 1 is 1.53 bits per heavy atom. The zero-order valence-electron chi connectivity index (χ0n) is 9.26. The van der Waals surface area contributed by atoms with Gasteiger partial charge in [0.05, 0.1) is 12.2 Å². The van der Waals surface area contributed by atoms with Crippen molar-refractivity contribution in [2.75, 3.05) is 11.9 Å². The number of nitrogens with one attached hydrogen (secondary N) is 2. The molecule has 1 atom stereocenters. The van der Waals surface area contributed by atoms with Gasteiger partial charge in [-0.1, -0.05) is 5.92 Å². The molecule has 0 saturated heterocycles.